The van der Waals surface area contributed by atoms with Crippen molar-refractivity contribution < 1.29 is 30.0 Å². The third kappa shape index (κ3) is 4.77. The normalized spacial score (nSPS) is 11.2. The number of hydrogen-bond donors (Lipinski definition) is 4. The summed E-state index contributed by atoms with van der Waals surface area (Å²) in [5.74, 6) is -1.04. The summed E-state index contributed by atoms with van der Waals surface area (Å²) in [6, 6.07) is 13.4. The van der Waals surface area contributed by atoms with E-state index in [4.69, 9.17) is 4.74 Å². The first-order valence-corrected chi connectivity index (χ1v) is 8.86. The highest BCUT2D eigenvalue weighted by molar-refractivity contribution is 6.02. The van der Waals surface area contributed by atoms with Crippen LogP contribution in [-0.4, -0.2) is 39.7 Å². The van der Waals surface area contributed by atoms with Gasteiger partial charge in [-0.1, -0.05) is 24.3 Å². The third-order valence-corrected chi connectivity index (χ3v) is 4.27. The SMILES string of the molecule is COc1cc(C=Cc2ccc(O)c(C=NC(=O)c3ccc(O)c(O)c3)c2)ccc1O. The van der Waals surface area contributed by atoms with Crippen LogP contribution >= 0.6 is 0 Å². The molecule has 3 rings (SSSR count). The van der Waals surface area contributed by atoms with Crippen molar-refractivity contribution in [1.82, 2.24) is 0 Å². The molecule has 1 amide bonds. The van der Waals surface area contributed by atoms with Crippen molar-refractivity contribution in [3.63, 3.8) is 0 Å². The first-order chi connectivity index (χ1) is 14.4. The summed E-state index contributed by atoms with van der Waals surface area (Å²) in [7, 11) is 1.47. The van der Waals surface area contributed by atoms with Crippen molar-refractivity contribution in [2.75, 3.05) is 7.11 Å². The highest BCUT2D eigenvalue weighted by Gasteiger charge is 2.08. The summed E-state index contributed by atoms with van der Waals surface area (Å²) < 4.78 is 5.08. The van der Waals surface area contributed by atoms with Crippen LogP contribution in [0.4, 0.5) is 0 Å². The number of phenolic OH excluding ortho intramolecular Hbond substituents is 4. The third-order valence-electron chi connectivity index (χ3n) is 4.27. The highest BCUT2D eigenvalue weighted by atomic mass is 16.5. The number of ether oxygens (including phenoxy) is 1. The molecule has 0 radical (unpaired) electrons. The molecule has 3 aromatic carbocycles. The maximum absolute atomic E-state index is 12.2. The van der Waals surface area contributed by atoms with E-state index in [1.165, 1.54) is 37.6 Å². The number of hydrogen-bond acceptors (Lipinski definition) is 6. The van der Waals surface area contributed by atoms with Gasteiger partial charge in [-0.15, -0.1) is 0 Å². The Morgan fingerprint density at radius 3 is 2.10 bits per heavy atom. The van der Waals surface area contributed by atoms with Crippen LogP contribution < -0.4 is 4.74 Å². The van der Waals surface area contributed by atoms with Crippen molar-refractivity contribution in [2.24, 2.45) is 4.99 Å². The molecule has 0 atom stereocenters. The van der Waals surface area contributed by atoms with Gasteiger partial charge in [-0.2, -0.15) is 0 Å². The maximum atomic E-state index is 12.2. The summed E-state index contributed by atoms with van der Waals surface area (Å²) in [5.41, 5.74) is 1.97. The average Bonchev–Trinajstić information content (AvgIpc) is 2.74. The van der Waals surface area contributed by atoms with Crippen LogP contribution in [0, 0.1) is 0 Å². The van der Waals surface area contributed by atoms with Gasteiger partial charge in [0.15, 0.2) is 23.0 Å². The van der Waals surface area contributed by atoms with Crippen molar-refractivity contribution in [3.8, 4) is 28.7 Å². The molecule has 0 bridgehead atoms. The Balaban J connectivity index is 1.80. The second-order valence-electron chi connectivity index (χ2n) is 6.35. The van der Waals surface area contributed by atoms with Gasteiger partial charge in [0.25, 0.3) is 5.91 Å². The van der Waals surface area contributed by atoms with E-state index in [0.29, 0.717) is 11.3 Å². The molecule has 0 fully saturated rings. The Labute approximate surface area is 172 Å². The first-order valence-electron chi connectivity index (χ1n) is 8.86. The number of methoxy groups -OCH3 is 1. The molecule has 3 aromatic rings. The van der Waals surface area contributed by atoms with Crippen LogP contribution in [-0.2, 0) is 0 Å². The fourth-order valence-electron chi connectivity index (χ4n) is 2.63. The summed E-state index contributed by atoms with van der Waals surface area (Å²) in [6.07, 6.45) is 4.82. The number of benzene rings is 3. The summed E-state index contributed by atoms with van der Waals surface area (Å²) >= 11 is 0. The monoisotopic (exact) mass is 405 g/mol. The fraction of sp³-hybridized carbons (Fsp3) is 0.0435. The molecule has 0 aliphatic rings. The molecular weight excluding hydrogens is 386 g/mol. The summed E-state index contributed by atoms with van der Waals surface area (Å²) in [5, 5.41) is 38.5. The van der Waals surface area contributed by atoms with Gasteiger partial charge in [-0.25, -0.2) is 4.99 Å². The molecule has 7 heteroatoms. The van der Waals surface area contributed by atoms with E-state index in [1.807, 2.05) is 0 Å². The van der Waals surface area contributed by atoms with Gasteiger partial charge in [0.1, 0.15) is 5.75 Å². The summed E-state index contributed by atoms with van der Waals surface area (Å²) in [6.45, 7) is 0. The Kier molecular flexibility index (Phi) is 6.03. The lowest BCUT2D eigenvalue weighted by Crippen LogP contribution is -1.96. The van der Waals surface area contributed by atoms with E-state index in [9.17, 15) is 25.2 Å². The van der Waals surface area contributed by atoms with Crippen LogP contribution in [0.1, 0.15) is 27.0 Å². The van der Waals surface area contributed by atoms with Crippen LogP contribution in [0.2, 0.25) is 0 Å². The number of rotatable bonds is 5. The molecule has 0 aromatic heterocycles. The van der Waals surface area contributed by atoms with Gasteiger partial charge in [0, 0.05) is 17.3 Å². The van der Waals surface area contributed by atoms with Gasteiger partial charge in [-0.3, -0.25) is 4.79 Å². The molecule has 0 saturated carbocycles. The molecule has 0 unspecified atom stereocenters. The second-order valence-corrected chi connectivity index (χ2v) is 6.35. The van der Waals surface area contributed by atoms with Gasteiger partial charge in [-0.05, 0) is 53.6 Å². The summed E-state index contributed by atoms with van der Waals surface area (Å²) in [4.78, 5) is 16.0. The predicted octanol–water partition coefficient (Wildman–Crippen LogP) is 3.95. The van der Waals surface area contributed by atoms with Crippen LogP contribution in [0.15, 0.2) is 59.6 Å². The molecule has 0 spiro atoms. The smallest absolute Gasteiger partial charge is 0.277 e. The van der Waals surface area contributed by atoms with E-state index >= 15 is 0 Å². The lowest BCUT2D eigenvalue weighted by Gasteiger charge is -2.04. The first kappa shape index (κ1) is 20.5. The molecule has 0 aliphatic carbocycles. The Morgan fingerprint density at radius 2 is 1.43 bits per heavy atom. The maximum Gasteiger partial charge on any atom is 0.277 e. The van der Waals surface area contributed by atoms with Crippen molar-refractivity contribution in [3.05, 3.63) is 76.9 Å². The lowest BCUT2D eigenvalue weighted by molar-refractivity contribution is 0.100. The molecule has 7 nitrogen and oxygen atoms in total. The quantitative estimate of drug-likeness (QED) is 0.290. The van der Waals surface area contributed by atoms with E-state index in [-0.39, 0.29) is 22.8 Å². The number of nitrogens with zero attached hydrogens (tertiary/aromatic N) is 1. The largest absolute Gasteiger partial charge is 0.507 e. The molecular formula is C23H19NO6. The Bertz CT molecular complexity index is 1150. The average molecular weight is 405 g/mol. The zero-order chi connectivity index (χ0) is 21.7. The van der Waals surface area contributed by atoms with Gasteiger partial charge in [0.05, 0.1) is 7.11 Å². The van der Waals surface area contributed by atoms with Gasteiger partial charge in [0.2, 0.25) is 0 Å². The van der Waals surface area contributed by atoms with Crippen LogP contribution in [0.3, 0.4) is 0 Å². The number of carbonyl (C=O) groups is 1. The van der Waals surface area contributed by atoms with E-state index < -0.39 is 11.7 Å². The van der Waals surface area contributed by atoms with Crippen molar-refractivity contribution >= 4 is 24.3 Å². The topological polar surface area (TPSA) is 120 Å². The predicted molar refractivity (Wildman–Crippen MR) is 113 cm³/mol. The molecule has 0 saturated heterocycles. The van der Waals surface area contributed by atoms with E-state index in [2.05, 4.69) is 4.99 Å². The van der Waals surface area contributed by atoms with Crippen LogP contribution in [0.25, 0.3) is 12.2 Å². The minimum Gasteiger partial charge on any atom is -0.507 e. The molecule has 0 aliphatic heterocycles. The number of phenols is 4. The van der Waals surface area contributed by atoms with Gasteiger partial charge >= 0.3 is 0 Å². The zero-order valence-electron chi connectivity index (χ0n) is 16.0. The Morgan fingerprint density at radius 1 is 0.800 bits per heavy atom. The van der Waals surface area contributed by atoms with Crippen LogP contribution in [0.5, 0.6) is 28.7 Å². The molecule has 4 N–H and O–H groups in total. The minimum atomic E-state index is -0.637. The zero-order valence-corrected chi connectivity index (χ0v) is 16.0. The van der Waals surface area contributed by atoms with Crippen molar-refractivity contribution in [2.45, 2.75) is 0 Å². The number of carbonyl (C=O) groups excluding carboxylic acids is 1. The van der Waals surface area contributed by atoms with Crippen molar-refractivity contribution in [1.29, 1.82) is 0 Å². The number of aliphatic imine (C=N–C) groups is 1. The molecule has 30 heavy (non-hydrogen) atoms. The fourth-order valence-corrected chi connectivity index (χ4v) is 2.63. The highest BCUT2D eigenvalue weighted by Crippen LogP contribution is 2.28. The minimum absolute atomic E-state index is 0.0457. The lowest BCUT2D eigenvalue weighted by atomic mass is 10.1. The van der Waals surface area contributed by atoms with Gasteiger partial charge < -0.3 is 25.2 Å². The number of aromatic hydroxyl groups is 4. The van der Waals surface area contributed by atoms with E-state index in [0.717, 1.165) is 17.2 Å². The molecule has 152 valence electrons. The second kappa shape index (κ2) is 8.83. The molecule has 0 heterocycles. The van der Waals surface area contributed by atoms with E-state index in [1.54, 1.807) is 36.4 Å². The number of amides is 1. The Hall–Kier alpha value is -4.26. The standard InChI is InChI=1S/C23H19NO6/c1-30-22-11-15(5-8-20(22)27)3-2-14-4-7-18(25)17(10-14)13-24-23(29)16-6-9-19(26)21(28)12-16/h2-13,25-28H,1H3.